The molecule has 0 radical (unpaired) electrons. The minimum absolute atomic E-state index is 0.106. The van der Waals surface area contributed by atoms with Crippen molar-refractivity contribution in [2.24, 2.45) is 5.92 Å². The Kier molecular flexibility index (Phi) is 5.52. The molecule has 0 saturated heterocycles. The van der Waals surface area contributed by atoms with Crippen molar-refractivity contribution in [3.63, 3.8) is 0 Å². The molecule has 1 unspecified atom stereocenters. The average molecular weight is 324 g/mol. The van der Waals surface area contributed by atoms with E-state index in [1.165, 1.54) is 18.4 Å². The monoisotopic (exact) mass is 324 g/mol. The number of ether oxygens (including phenoxy) is 2. The van der Waals surface area contributed by atoms with Gasteiger partial charge in [0.15, 0.2) is 0 Å². The van der Waals surface area contributed by atoms with Crippen molar-refractivity contribution in [1.29, 1.82) is 0 Å². The minimum Gasteiger partial charge on any atom is -0.489 e. The van der Waals surface area contributed by atoms with Gasteiger partial charge in [-0.25, -0.2) is 0 Å². The van der Waals surface area contributed by atoms with Gasteiger partial charge in [0.1, 0.15) is 12.4 Å². The molecule has 3 rings (SSSR count). The Bertz CT molecular complexity index is 662. The van der Waals surface area contributed by atoms with E-state index in [1.807, 2.05) is 37.3 Å². The molecule has 2 aromatic rings. The van der Waals surface area contributed by atoms with E-state index in [1.54, 1.807) is 0 Å². The maximum atomic E-state index is 11.9. The molecule has 0 bridgehead atoms. The van der Waals surface area contributed by atoms with Crippen LogP contribution in [-0.2, 0) is 16.1 Å². The maximum absolute atomic E-state index is 11.9. The Morgan fingerprint density at radius 3 is 2.62 bits per heavy atom. The molecular formula is C21H24O3. The highest BCUT2D eigenvalue weighted by Gasteiger charge is 2.34. The van der Waals surface area contributed by atoms with Crippen LogP contribution in [0.4, 0.5) is 0 Å². The molecule has 0 N–H and O–H groups in total. The van der Waals surface area contributed by atoms with Gasteiger partial charge in [0.05, 0.1) is 13.0 Å². The first-order chi connectivity index (χ1) is 11.8. The average Bonchev–Trinajstić information content (AvgIpc) is 3.44. The number of carbonyl (C=O) groups excluding carboxylic acids is 1. The van der Waals surface area contributed by atoms with Crippen molar-refractivity contribution < 1.29 is 14.3 Å². The summed E-state index contributed by atoms with van der Waals surface area (Å²) in [5.74, 6) is 1.58. The molecule has 0 aromatic heterocycles. The summed E-state index contributed by atoms with van der Waals surface area (Å²) >= 11 is 0. The second-order valence-corrected chi connectivity index (χ2v) is 6.30. The van der Waals surface area contributed by atoms with Crippen LogP contribution >= 0.6 is 0 Å². The van der Waals surface area contributed by atoms with Gasteiger partial charge in [-0.15, -0.1) is 0 Å². The summed E-state index contributed by atoms with van der Waals surface area (Å²) in [7, 11) is 0. The molecule has 1 saturated carbocycles. The zero-order valence-electron chi connectivity index (χ0n) is 14.1. The van der Waals surface area contributed by atoms with Crippen LogP contribution in [0, 0.1) is 5.92 Å². The van der Waals surface area contributed by atoms with Crippen molar-refractivity contribution in [2.45, 2.75) is 38.7 Å². The van der Waals surface area contributed by atoms with E-state index in [-0.39, 0.29) is 11.9 Å². The van der Waals surface area contributed by atoms with Gasteiger partial charge < -0.3 is 9.47 Å². The van der Waals surface area contributed by atoms with Crippen LogP contribution in [0.15, 0.2) is 54.6 Å². The Morgan fingerprint density at radius 2 is 1.92 bits per heavy atom. The topological polar surface area (TPSA) is 35.5 Å². The molecule has 0 aliphatic heterocycles. The van der Waals surface area contributed by atoms with Crippen LogP contribution in [-0.4, -0.2) is 12.6 Å². The number of benzene rings is 2. The van der Waals surface area contributed by atoms with Gasteiger partial charge in [-0.1, -0.05) is 42.5 Å². The number of hydrogen-bond donors (Lipinski definition) is 0. The van der Waals surface area contributed by atoms with Crippen molar-refractivity contribution in [1.82, 2.24) is 0 Å². The van der Waals surface area contributed by atoms with Gasteiger partial charge in [0.25, 0.3) is 0 Å². The van der Waals surface area contributed by atoms with Crippen LogP contribution in [0.25, 0.3) is 0 Å². The zero-order valence-corrected chi connectivity index (χ0v) is 14.1. The van der Waals surface area contributed by atoms with Crippen LogP contribution in [0.5, 0.6) is 5.75 Å². The van der Waals surface area contributed by atoms with Crippen LogP contribution < -0.4 is 4.74 Å². The second-order valence-electron chi connectivity index (χ2n) is 6.30. The van der Waals surface area contributed by atoms with Crippen molar-refractivity contribution >= 4 is 5.97 Å². The molecule has 1 atom stereocenters. The summed E-state index contributed by atoms with van der Waals surface area (Å²) in [4.78, 5) is 11.9. The van der Waals surface area contributed by atoms with Crippen LogP contribution in [0.3, 0.4) is 0 Å². The van der Waals surface area contributed by atoms with Crippen LogP contribution in [0.1, 0.15) is 43.2 Å². The van der Waals surface area contributed by atoms with Gasteiger partial charge >= 0.3 is 5.97 Å². The first kappa shape index (κ1) is 16.6. The zero-order chi connectivity index (χ0) is 16.8. The summed E-state index contributed by atoms with van der Waals surface area (Å²) < 4.78 is 11.1. The number of carbonyl (C=O) groups is 1. The fourth-order valence-electron chi connectivity index (χ4n) is 3.03. The standard InChI is InChI=1S/C21H24O3/c1-2-23-21(22)14-20(17-11-12-17)18-9-6-10-19(13-18)24-15-16-7-4-3-5-8-16/h3-10,13,17,20H,2,11-12,14-15H2,1H3. The lowest BCUT2D eigenvalue weighted by Gasteiger charge is -2.17. The normalized spacial score (nSPS) is 14.9. The molecular weight excluding hydrogens is 300 g/mol. The summed E-state index contributed by atoms with van der Waals surface area (Å²) in [6, 6.07) is 18.3. The van der Waals surface area contributed by atoms with E-state index in [4.69, 9.17) is 9.47 Å². The van der Waals surface area contributed by atoms with Crippen molar-refractivity contribution in [3.05, 3.63) is 65.7 Å². The van der Waals surface area contributed by atoms with Crippen molar-refractivity contribution in [3.8, 4) is 5.75 Å². The number of rotatable bonds is 8. The van der Waals surface area contributed by atoms with Gasteiger partial charge in [0.2, 0.25) is 0 Å². The van der Waals surface area contributed by atoms with Gasteiger partial charge in [0, 0.05) is 0 Å². The number of esters is 1. The lowest BCUT2D eigenvalue weighted by molar-refractivity contribution is -0.143. The highest BCUT2D eigenvalue weighted by Crippen LogP contribution is 2.45. The Hall–Kier alpha value is -2.29. The van der Waals surface area contributed by atoms with E-state index < -0.39 is 0 Å². The molecule has 2 aromatic carbocycles. The summed E-state index contributed by atoms with van der Waals surface area (Å²) in [6.45, 7) is 2.84. The molecule has 0 spiro atoms. The lowest BCUT2D eigenvalue weighted by atomic mass is 9.91. The Labute approximate surface area is 143 Å². The largest absolute Gasteiger partial charge is 0.489 e. The maximum Gasteiger partial charge on any atom is 0.306 e. The molecule has 1 fully saturated rings. The third-order valence-corrected chi connectivity index (χ3v) is 4.42. The highest BCUT2D eigenvalue weighted by atomic mass is 16.5. The summed E-state index contributed by atoms with van der Waals surface area (Å²) in [5.41, 5.74) is 2.32. The quantitative estimate of drug-likeness (QED) is 0.660. The molecule has 126 valence electrons. The first-order valence-electron chi connectivity index (χ1n) is 8.68. The fraction of sp³-hybridized carbons (Fsp3) is 0.381. The van der Waals surface area contributed by atoms with E-state index in [0.29, 0.717) is 25.6 Å². The fourth-order valence-corrected chi connectivity index (χ4v) is 3.03. The van der Waals surface area contributed by atoms with Crippen molar-refractivity contribution in [2.75, 3.05) is 6.61 Å². The van der Waals surface area contributed by atoms with Crippen LogP contribution in [0.2, 0.25) is 0 Å². The summed E-state index contributed by atoms with van der Waals surface area (Å²) in [5, 5.41) is 0. The molecule has 1 aliphatic rings. The molecule has 3 nitrogen and oxygen atoms in total. The molecule has 0 amide bonds. The number of hydrogen-bond acceptors (Lipinski definition) is 3. The van der Waals surface area contributed by atoms with E-state index in [0.717, 1.165) is 11.3 Å². The minimum atomic E-state index is -0.106. The summed E-state index contributed by atoms with van der Waals surface area (Å²) in [6.07, 6.45) is 2.85. The van der Waals surface area contributed by atoms with E-state index >= 15 is 0 Å². The molecule has 0 heterocycles. The predicted octanol–water partition coefficient (Wildman–Crippen LogP) is 4.71. The third-order valence-electron chi connectivity index (χ3n) is 4.42. The highest BCUT2D eigenvalue weighted by molar-refractivity contribution is 5.70. The SMILES string of the molecule is CCOC(=O)CC(c1cccc(OCc2ccccc2)c1)C1CC1. The molecule has 1 aliphatic carbocycles. The molecule has 24 heavy (non-hydrogen) atoms. The van der Waals surface area contributed by atoms with E-state index in [9.17, 15) is 4.79 Å². The van der Waals surface area contributed by atoms with Gasteiger partial charge in [-0.05, 0) is 54.9 Å². The van der Waals surface area contributed by atoms with Gasteiger partial charge in [-0.2, -0.15) is 0 Å². The third kappa shape index (κ3) is 4.60. The second kappa shape index (κ2) is 8.00. The Balaban J connectivity index is 1.67. The van der Waals surface area contributed by atoms with E-state index in [2.05, 4.69) is 24.3 Å². The first-order valence-corrected chi connectivity index (χ1v) is 8.68. The smallest absolute Gasteiger partial charge is 0.306 e. The lowest BCUT2D eigenvalue weighted by Crippen LogP contribution is -2.12. The predicted molar refractivity (Wildman–Crippen MR) is 93.9 cm³/mol. The van der Waals surface area contributed by atoms with Gasteiger partial charge in [-0.3, -0.25) is 4.79 Å². The Morgan fingerprint density at radius 1 is 1.12 bits per heavy atom. The molecule has 3 heteroatoms.